The number of hydrogen-bond donors (Lipinski definition) is 1. The van der Waals surface area contributed by atoms with Crippen LogP contribution in [0.2, 0.25) is 0 Å². The van der Waals surface area contributed by atoms with Crippen molar-refractivity contribution in [3.8, 4) is 5.75 Å². The Hall–Kier alpha value is -2.63. The molecule has 1 N–H and O–H groups in total. The highest BCUT2D eigenvalue weighted by Crippen LogP contribution is 2.25. The molecule has 0 unspecified atom stereocenters. The molecule has 1 fully saturated rings. The highest BCUT2D eigenvalue weighted by atomic mass is 32.1. The molecule has 0 saturated carbocycles. The number of anilines is 1. The van der Waals surface area contributed by atoms with Crippen molar-refractivity contribution in [1.82, 2.24) is 4.90 Å². The van der Waals surface area contributed by atoms with E-state index < -0.39 is 0 Å². The molecule has 0 radical (unpaired) electrons. The minimum Gasteiger partial charge on any atom is -0.488 e. The molecule has 3 aromatic rings. The minimum atomic E-state index is -0.0768. The van der Waals surface area contributed by atoms with Gasteiger partial charge in [-0.15, -0.1) is 11.3 Å². The standard InChI is InChI=1S/C26H30N2O2S/c1-19-7-6-8-20(2)25(19)30-17-22-15-24(31-18-22)26(29)27-23-11-9-21(10-12-23)16-28-13-4-3-5-14-28/h6-12,15,18H,3-5,13-14,16-17H2,1-2H3,(H,27,29). The smallest absolute Gasteiger partial charge is 0.265 e. The number of carbonyl (C=O) groups is 1. The van der Waals surface area contributed by atoms with E-state index in [0.29, 0.717) is 11.5 Å². The summed E-state index contributed by atoms with van der Waals surface area (Å²) in [6.07, 6.45) is 3.95. The topological polar surface area (TPSA) is 41.6 Å². The lowest BCUT2D eigenvalue weighted by molar-refractivity contribution is 0.103. The summed E-state index contributed by atoms with van der Waals surface area (Å²) in [7, 11) is 0. The van der Waals surface area contributed by atoms with Crippen molar-refractivity contribution in [2.24, 2.45) is 0 Å². The fourth-order valence-electron chi connectivity index (χ4n) is 4.01. The van der Waals surface area contributed by atoms with Gasteiger partial charge in [0.25, 0.3) is 5.91 Å². The molecule has 5 heteroatoms. The highest BCUT2D eigenvalue weighted by molar-refractivity contribution is 7.12. The zero-order valence-corrected chi connectivity index (χ0v) is 19.1. The monoisotopic (exact) mass is 434 g/mol. The van der Waals surface area contributed by atoms with Gasteiger partial charge in [0.1, 0.15) is 12.4 Å². The molecule has 1 aliphatic rings. The summed E-state index contributed by atoms with van der Waals surface area (Å²) in [6.45, 7) is 7.92. The maximum Gasteiger partial charge on any atom is 0.265 e. The number of likely N-dealkylation sites (tertiary alicyclic amines) is 1. The number of nitrogens with one attached hydrogen (secondary N) is 1. The van der Waals surface area contributed by atoms with E-state index in [1.54, 1.807) is 0 Å². The molecule has 0 spiro atoms. The van der Waals surface area contributed by atoms with E-state index in [9.17, 15) is 4.79 Å². The highest BCUT2D eigenvalue weighted by Gasteiger charge is 2.13. The second-order valence-corrected chi connectivity index (χ2v) is 9.23. The second kappa shape index (κ2) is 10.1. The molecule has 0 aliphatic carbocycles. The third-order valence-corrected chi connectivity index (χ3v) is 6.71. The van der Waals surface area contributed by atoms with E-state index in [1.165, 1.54) is 49.3 Å². The Bertz CT molecular complexity index is 1000. The van der Waals surface area contributed by atoms with Crippen molar-refractivity contribution in [2.75, 3.05) is 18.4 Å². The molecule has 2 aromatic carbocycles. The summed E-state index contributed by atoms with van der Waals surface area (Å²) < 4.78 is 6.01. The SMILES string of the molecule is Cc1cccc(C)c1OCc1csc(C(=O)Nc2ccc(CN3CCCCC3)cc2)c1. The van der Waals surface area contributed by atoms with Crippen molar-refractivity contribution < 1.29 is 9.53 Å². The summed E-state index contributed by atoms with van der Waals surface area (Å²) in [4.78, 5) is 15.9. The average Bonchev–Trinajstić information content (AvgIpc) is 3.25. The normalized spacial score (nSPS) is 14.4. The van der Waals surface area contributed by atoms with Gasteiger partial charge in [0, 0.05) is 17.8 Å². The summed E-state index contributed by atoms with van der Waals surface area (Å²) in [5.41, 5.74) is 5.37. The number of para-hydroxylation sites is 1. The van der Waals surface area contributed by atoms with Crippen molar-refractivity contribution in [1.29, 1.82) is 0 Å². The van der Waals surface area contributed by atoms with Crippen LogP contribution in [-0.4, -0.2) is 23.9 Å². The van der Waals surface area contributed by atoms with E-state index in [0.717, 1.165) is 34.7 Å². The van der Waals surface area contributed by atoms with E-state index >= 15 is 0 Å². The first-order chi connectivity index (χ1) is 15.1. The molecular formula is C26H30N2O2S. The van der Waals surface area contributed by atoms with Crippen molar-refractivity contribution in [3.63, 3.8) is 0 Å². The number of amides is 1. The maximum absolute atomic E-state index is 12.7. The Morgan fingerprint density at radius 3 is 2.42 bits per heavy atom. The van der Waals surface area contributed by atoms with Gasteiger partial charge in [-0.3, -0.25) is 9.69 Å². The second-order valence-electron chi connectivity index (χ2n) is 8.32. The number of rotatable bonds is 7. The van der Waals surface area contributed by atoms with Gasteiger partial charge in [-0.25, -0.2) is 0 Å². The van der Waals surface area contributed by atoms with Crippen LogP contribution in [0.3, 0.4) is 0 Å². The first kappa shape index (κ1) is 21.6. The Morgan fingerprint density at radius 1 is 1.00 bits per heavy atom. The van der Waals surface area contributed by atoms with E-state index in [2.05, 4.69) is 22.3 Å². The number of hydrogen-bond acceptors (Lipinski definition) is 4. The third-order valence-electron chi connectivity index (χ3n) is 5.74. The number of benzene rings is 2. The van der Waals surface area contributed by atoms with Crippen LogP contribution in [0.1, 0.15) is 51.2 Å². The molecular weight excluding hydrogens is 404 g/mol. The fourth-order valence-corrected chi connectivity index (χ4v) is 4.81. The Morgan fingerprint density at radius 2 is 1.71 bits per heavy atom. The number of carbonyl (C=O) groups excluding carboxylic acids is 1. The number of piperidine rings is 1. The van der Waals surface area contributed by atoms with Crippen LogP contribution < -0.4 is 10.1 Å². The van der Waals surface area contributed by atoms with Gasteiger partial charge in [-0.1, -0.05) is 36.8 Å². The zero-order chi connectivity index (χ0) is 21.6. The van der Waals surface area contributed by atoms with Crippen LogP contribution in [0.4, 0.5) is 5.69 Å². The van der Waals surface area contributed by atoms with E-state index in [4.69, 9.17) is 4.74 Å². The van der Waals surface area contributed by atoms with Gasteiger partial charge in [-0.05, 0) is 80.0 Å². The van der Waals surface area contributed by atoms with Gasteiger partial charge in [0.2, 0.25) is 0 Å². The average molecular weight is 435 g/mol. The molecule has 1 aliphatic heterocycles. The number of thiophene rings is 1. The Balaban J connectivity index is 1.31. The third kappa shape index (κ3) is 5.75. The van der Waals surface area contributed by atoms with Crippen molar-refractivity contribution >= 4 is 22.9 Å². The van der Waals surface area contributed by atoms with Gasteiger partial charge < -0.3 is 10.1 Å². The van der Waals surface area contributed by atoms with Gasteiger partial charge >= 0.3 is 0 Å². The van der Waals surface area contributed by atoms with Crippen molar-refractivity contribution in [2.45, 2.75) is 46.3 Å². The Labute approximate surface area is 188 Å². The first-order valence-corrected chi connectivity index (χ1v) is 11.9. The lowest BCUT2D eigenvalue weighted by atomic mass is 10.1. The molecule has 4 nitrogen and oxygen atoms in total. The first-order valence-electron chi connectivity index (χ1n) is 11.0. The lowest BCUT2D eigenvalue weighted by Gasteiger charge is -2.26. The molecule has 1 saturated heterocycles. The molecule has 0 bridgehead atoms. The van der Waals surface area contributed by atoms with Crippen LogP contribution in [0.25, 0.3) is 0 Å². The summed E-state index contributed by atoms with van der Waals surface area (Å²) >= 11 is 1.45. The summed E-state index contributed by atoms with van der Waals surface area (Å²) in [6, 6.07) is 16.3. The van der Waals surface area contributed by atoms with Crippen LogP contribution in [-0.2, 0) is 13.2 Å². The Kier molecular flexibility index (Phi) is 7.05. The molecule has 2 heterocycles. The minimum absolute atomic E-state index is 0.0768. The molecule has 162 valence electrons. The fraction of sp³-hybridized carbons (Fsp3) is 0.346. The number of nitrogens with zero attached hydrogens (tertiary/aromatic N) is 1. The zero-order valence-electron chi connectivity index (χ0n) is 18.3. The van der Waals surface area contributed by atoms with Crippen LogP contribution in [0.5, 0.6) is 5.75 Å². The van der Waals surface area contributed by atoms with Gasteiger partial charge in [0.15, 0.2) is 0 Å². The maximum atomic E-state index is 12.7. The van der Waals surface area contributed by atoms with Gasteiger partial charge in [0.05, 0.1) is 4.88 Å². The van der Waals surface area contributed by atoms with Crippen LogP contribution in [0.15, 0.2) is 53.9 Å². The predicted octanol–water partition coefficient (Wildman–Crippen LogP) is 6.18. The van der Waals surface area contributed by atoms with Crippen LogP contribution >= 0.6 is 11.3 Å². The number of ether oxygens (including phenoxy) is 1. The van der Waals surface area contributed by atoms with Crippen molar-refractivity contribution in [3.05, 3.63) is 81.0 Å². The van der Waals surface area contributed by atoms with Gasteiger partial charge in [-0.2, -0.15) is 0 Å². The molecule has 1 amide bonds. The lowest BCUT2D eigenvalue weighted by Crippen LogP contribution is -2.29. The van der Waals surface area contributed by atoms with Crippen LogP contribution in [0, 0.1) is 13.8 Å². The molecule has 0 atom stereocenters. The molecule has 31 heavy (non-hydrogen) atoms. The van der Waals surface area contributed by atoms with E-state index in [-0.39, 0.29) is 5.91 Å². The predicted molar refractivity (Wildman–Crippen MR) is 128 cm³/mol. The largest absolute Gasteiger partial charge is 0.488 e. The summed E-state index contributed by atoms with van der Waals surface area (Å²) in [5.74, 6) is 0.844. The van der Waals surface area contributed by atoms with E-state index in [1.807, 2.05) is 55.6 Å². The summed E-state index contributed by atoms with van der Waals surface area (Å²) in [5, 5.41) is 5.00. The molecule has 4 rings (SSSR count). The quantitative estimate of drug-likeness (QED) is 0.483. The molecule has 1 aromatic heterocycles. The number of aryl methyl sites for hydroxylation is 2.